The summed E-state index contributed by atoms with van der Waals surface area (Å²) in [6.45, 7) is 0.210. The molecule has 0 aliphatic heterocycles. The van der Waals surface area contributed by atoms with Gasteiger partial charge in [0.25, 0.3) is 5.56 Å². The first-order valence-corrected chi connectivity index (χ1v) is 10.7. The number of halogens is 4. The molecule has 0 atom stereocenters. The second-order valence-corrected chi connectivity index (χ2v) is 8.23. The summed E-state index contributed by atoms with van der Waals surface area (Å²) in [4.78, 5) is 17.8. The normalized spacial score (nSPS) is 11.7. The van der Waals surface area contributed by atoms with Crippen LogP contribution in [0.25, 0.3) is 10.9 Å². The largest absolute Gasteiger partial charge is 0.416 e. The van der Waals surface area contributed by atoms with Crippen molar-refractivity contribution in [2.24, 2.45) is 0 Å². The minimum atomic E-state index is -4.41. The Bertz CT molecular complexity index is 1300. The number of thioether (sulfide) groups is 1. The molecule has 3 nitrogen and oxygen atoms in total. The number of rotatable bonds is 5. The molecule has 0 fully saturated rings. The number of hydrogen-bond acceptors (Lipinski definition) is 3. The first-order chi connectivity index (χ1) is 14.8. The topological polar surface area (TPSA) is 34.9 Å². The van der Waals surface area contributed by atoms with E-state index >= 15 is 0 Å². The van der Waals surface area contributed by atoms with E-state index in [-0.39, 0.29) is 17.9 Å². The Balaban J connectivity index is 1.73. The first-order valence-electron chi connectivity index (χ1n) is 9.35. The fourth-order valence-electron chi connectivity index (χ4n) is 3.18. The minimum Gasteiger partial charge on any atom is -0.283 e. The molecule has 0 unspecified atom stereocenters. The van der Waals surface area contributed by atoms with Crippen molar-refractivity contribution in [2.75, 3.05) is 0 Å². The Morgan fingerprint density at radius 2 is 1.71 bits per heavy atom. The molecule has 0 amide bonds. The van der Waals surface area contributed by atoms with Gasteiger partial charge in [0.1, 0.15) is 0 Å². The molecule has 0 bridgehead atoms. The summed E-state index contributed by atoms with van der Waals surface area (Å²) in [5, 5.41) is 1.41. The molecule has 4 rings (SSSR count). The van der Waals surface area contributed by atoms with Crippen molar-refractivity contribution < 1.29 is 13.2 Å². The zero-order valence-corrected chi connectivity index (χ0v) is 17.6. The summed E-state index contributed by atoms with van der Waals surface area (Å²) in [6, 6.07) is 19.3. The maximum absolute atomic E-state index is 13.2. The van der Waals surface area contributed by atoms with E-state index in [2.05, 4.69) is 4.98 Å². The fraction of sp³-hybridized carbons (Fsp3) is 0.130. The molecular formula is C23H16ClF3N2OS. The second kappa shape index (κ2) is 8.77. The second-order valence-electron chi connectivity index (χ2n) is 6.88. The summed E-state index contributed by atoms with van der Waals surface area (Å²) in [5.74, 6) is 0.233. The van der Waals surface area contributed by atoms with Crippen LogP contribution < -0.4 is 5.56 Å². The SMILES string of the molecule is O=c1c2ccccc2nc(SCc2cccc(C(F)(F)F)c2)n1Cc1ccccc1Cl. The monoisotopic (exact) mass is 460 g/mol. The van der Waals surface area contributed by atoms with Gasteiger partial charge in [-0.1, -0.05) is 71.9 Å². The van der Waals surface area contributed by atoms with Gasteiger partial charge in [-0.25, -0.2) is 4.98 Å². The van der Waals surface area contributed by atoms with Crippen molar-refractivity contribution in [3.63, 3.8) is 0 Å². The van der Waals surface area contributed by atoms with Crippen LogP contribution in [-0.4, -0.2) is 9.55 Å². The highest BCUT2D eigenvalue weighted by molar-refractivity contribution is 7.98. The average molecular weight is 461 g/mol. The van der Waals surface area contributed by atoms with Gasteiger partial charge in [0.2, 0.25) is 0 Å². The van der Waals surface area contributed by atoms with Crippen LogP contribution in [0.5, 0.6) is 0 Å². The van der Waals surface area contributed by atoms with Crippen LogP contribution in [-0.2, 0) is 18.5 Å². The van der Waals surface area contributed by atoms with Crippen molar-refractivity contribution in [3.05, 3.63) is 105 Å². The summed E-state index contributed by atoms with van der Waals surface area (Å²) in [6.07, 6.45) is -4.41. The van der Waals surface area contributed by atoms with Crippen molar-refractivity contribution >= 4 is 34.3 Å². The van der Waals surface area contributed by atoms with Crippen molar-refractivity contribution in [1.29, 1.82) is 0 Å². The highest BCUT2D eigenvalue weighted by Crippen LogP contribution is 2.31. The number of hydrogen-bond donors (Lipinski definition) is 0. The molecule has 1 aromatic heterocycles. The Hall–Kier alpha value is -2.77. The summed E-state index contributed by atoms with van der Waals surface area (Å²) in [5.41, 5.74) is 0.854. The first kappa shape index (κ1) is 21.5. The Morgan fingerprint density at radius 1 is 0.968 bits per heavy atom. The van der Waals surface area contributed by atoms with Gasteiger partial charge < -0.3 is 0 Å². The summed E-state index contributed by atoms with van der Waals surface area (Å²) < 4.78 is 40.6. The average Bonchev–Trinajstić information content (AvgIpc) is 2.75. The van der Waals surface area contributed by atoms with Crippen LogP contribution in [0.2, 0.25) is 5.02 Å². The van der Waals surface area contributed by atoms with Gasteiger partial charge in [-0.2, -0.15) is 13.2 Å². The van der Waals surface area contributed by atoms with Gasteiger partial charge in [0.05, 0.1) is 23.0 Å². The number of alkyl halides is 3. The molecule has 0 aliphatic rings. The van der Waals surface area contributed by atoms with E-state index in [9.17, 15) is 18.0 Å². The smallest absolute Gasteiger partial charge is 0.283 e. The highest BCUT2D eigenvalue weighted by atomic mass is 35.5. The molecule has 1 heterocycles. The molecule has 0 saturated heterocycles. The van der Waals surface area contributed by atoms with Crippen LogP contribution in [0.4, 0.5) is 13.2 Å². The number of nitrogens with zero attached hydrogens (tertiary/aromatic N) is 2. The number of para-hydroxylation sites is 1. The lowest BCUT2D eigenvalue weighted by molar-refractivity contribution is -0.137. The van der Waals surface area contributed by atoms with E-state index in [1.807, 2.05) is 12.1 Å². The number of fused-ring (bicyclic) bond motifs is 1. The lowest BCUT2D eigenvalue weighted by atomic mass is 10.1. The maximum Gasteiger partial charge on any atom is 0.416 e. The molecule has 31 heavy (non-hydrogen) atoms. The van der Waals surface area contributed by atoms with E-state index in [1.54, 1.807) is 42.5 Å². The minimum absolute atomic E-state index is 0.210. The Kier molecular flexibility index (Phi) is 6.07. The van der Waals surface area contributed by atoms with Crippen molar-refractivity contribution in [3.8, 4) is 0 Å². The molecule has 4 aromatic rings. The van der Waals surface area contributed by atoms with Gasteiger partial charge in [0, 0.05) is 10.8 Å². The van der Waals surface area contributed by atoms with E-state index in [4.69, 9.17) is 11.6 Å². The standard InChI is InChI=1S/C23H16ClF3N2OS/c24-19-10-3-1-7-16(19)13-29-21(30)18-9-2-4-11-20(18)28-22(29)31-14-15-6-5-8-17(12-15)23(25,26)27/h1-12H,13-14H2. The molecule has 8 heteroatoms. The van der Waals surface area contributed by atoms with Crippen LogP contribution in [0.1, 0.15) is 16.7 Å². The molecule has 3 aromatic carbocycles. The molecule has 158 valence electrons. The van der Waals surface area contributed by atoms with Crippen LogP contribution >= 0.6 is 23.4 Å². The number of benzene rings is 3. The summed E-state index contributed by atoms with van der Waals surface area (Å²) in [7, 11) is 0. The van der Waals surface area contributed by atoms with Crippen LogP contribution in [0.15, 0.2) is 82.7 Å². The van der Waals surface area contributed by atoms with Gasteiger partial charge in [-0.05, 0) is 35.4 Å². The van der Waals surface area contributed by atoms with Gasteiger partial charge in [-0.3, -0.25) is 9.36 Å². The third kappa shape index (κ3) is 4.78. The predicted molar refractivity (Wildman–Crippen MR) is 118 cm³/mol. The Labute approximate surface area is 185 Å². The molecule has 0 spiro atoms. The van der Waals surface area contributed by atoms with Gasteiger partial charge in [-0.15, -0.1) is 0 Å². The van der Waals surface area contributed by atoms with Crippen molar-refractivity contribution in [1.82, 2.24) is 9.55 Å². The molecular weight excluding hydrogens is 445 g/mol. The quantitative estimate of drug-likeness (QED) is 0.255. The molecule has 0 radical (unpaired) electrons. The third-order valence-electron chi connectivity index (χ3n) is 4.74. The molecule has 0 aliphatic carbocycles. The van der Waals surface area contributed by atoms with Crippen molar-refractivity contribution in [2.45, 2.75) is 23.6 Å². The van der Waals surface area contributed by atoms with E-state index < -0.39 is 11.7 Å². The lowest BCUT2D eigenvalue weighted by Crippen LogP contribution is -2.24. The molecule has 0 saturated carbocycles. The van der Waals surface area contributed by atoms with E-state index in [1.165, 1.54) is 22.4 Å². The highest BCUT2D eigenvalue weighted by Gasteiger charge is 2.30. The summed E-state index contributed by atoms with van der Waals surface area (Å²) >= 11 is 7.50. The Morgan fingerprint density at radius 3 is 2.48 bits per heavy atom. The van der Waals surface area contributed by atoms with Crippen LogP contribution in [0.3, 0.4) is 0 Å². The zero-order valence-electron chi connectivity index (χ0n) is 16.1. The molecule has 0 N–H and O–H groups in total. The van der Waals surface area contributed by atoms with Gasteiger partial charge >= 0.3 is 6.18 Å². The van der Waals surface area contributed by atoms with Gasteiger partial charge in [0.15, 0.2) is 5.16 Å². The van der Waals surface area contributed by atoms with Crippen LogP contribution in [0, 0.1) is 0 Å². The lowest BCUT2D eigenvalue weighted by Gasteiger charge is -2.14. The fourth-order valence-corrected chi connectivity index (χ4v) is 4.32. The maximum atomic E-state index is 13.2. The zero-order chi connectivity index (χ0) is 22.0. The number of aromatic nitrogens is 2. The van der Waals surface area contributed by atoms with E-state index in [0.29, 0.717) is 26.6 Å². The third-order valence-corrected chi connectivity index (χ3v) is 6.15. The predicted octanol–water partition coefficient (Wildman–Crippen LogP) is 6.41. The van der Waals surface area contributed by atoms with E-state index in [0.717, 1.165) is 17.7 Å².